The molecule has 1 atom stereocenters. The van der Waals surface area contributed by atoms with E-state index < -0.39 is 0 Å². The van der Waals surface area contributed by atoms with Gasteiger partial charge >= 0.3 is 0 Å². The SMILES string of the molecule is CCN1CCN(C(=O)[C@H](C)N)CC1. The molecule has 0 aromatic rings. The Bertz CT molecular complexity index is 174. The summed E-state index contributed by atoms with van der Waals surface area (Å²) in [7, 11) is 0. The van der Waals surface area contributed by atoms with Gasteiger partial charge in [0, 0.05) is 26.2 Å². The Morgan fingerprint density at radius 2 is 1.92 bits per heavy atom. The first-order chi connectivity index (χ1) is 6.15. The number of carbonyl (C=O) groups excluding carboxylic acids is 1. The molecule has 0 aromatic heterocycles. The number of hydrogen-bond donors (Lipinski definition) is 1. The molecule has 1 saturated heterocycles. The highest BCUT2D eigenvalue weighted by atomic mass is 16.2. The van der Waals surface area contributed by atoms with E-state index in [1.807, 2.05) is 4.90 Å². The molecule has 1 rings (SSSR count). The van der Waals surface area contributed by atoms with E-state index in [2.05, 4.69) is 11.8 Å². The molecule has 2 N–H and O–H groups in total. The number of rotatable bonds is 2. The van der Waals surface area contributed by atoms with E-state index in [4.69, 9.17) is 5.73 Å². The molecule has 1 heterocycles. The molecular weight excluding hydrogens is 166 g/mol. The number of hydrogen-bond acceptors (Lipinski definition) is 3. The van der Waals surface area contributed by atoms with Crippen LogP contribution in [0.4, 0.5) is 0 Å². The molecule has 13 heavy (non-hydrogen) atoms. The lowest BCUT2D eigenvalue weighted by Gasteiger charge is -2.34. The van der Waals surface area contributed by atoms with Gasteiger partial charge in [-0.25, -0.2) is 0 Å². The number of nitrogens with zero attached hydrogens (tertiary/aromatic N) is 2. The van der Waals surface area contributed by atoms with E-state index in [1.54, 1.807) is 6.92 Å². The van der Waals surface area contributed by atoms with Crippen LogP contribution in [0.25, 0.3) is 0 Å². The van der Waals surface area contributed by atoms with Gasteiger partial charge in [0.1, 0.15) is 0 Å². The predicted molar refractivity (Wildman–Crippen MR) is 52.3 cm³/mol. The third-order valence-electron chi connectivity index (χ3n) is 2.52. The highest BCUT2D eigenvalue weighted by molar-refractivity contribution is 5.81. The van der Waals surface area contributed by atoms with Gasteiger partial charge in [0.05, 0.1) is 6.04 Å². The molecule has 76 valence electrons. The summed E-state index contributed by atoms with van der Waals surface area (Å²) in [6.07, 6.45) is 0. The van der Waals surface area contributed by atoms with Gasteiger partial charge in [-0.2, -0.15) is 0 Å². The Labute approximate surface area is 79.7 Å². The van der Waals surface area contributed by atoms with Crippen LogP contribution in [0.15, 0.2) is 0 Å². The fourth-order valence-corrected chi connectivity index (χ4v) is 1.57. The summed E-state index contributed by atoms with van der Waals surface area (Å²) < 4.78 is 0. The third kappa shape index (κ3) is 2.67. The van der Waals surface area contributed by atoms with Crippen molar-refractivity contribution >= 4 is 5.91 Å². The van der Waals surface area contributed by atoms with E-state index in [0.717, 1.165) is 32.7 Å². The Balaban J connectivity index is 2.36. The smallest absolute Gasteiger partial charge is 0.239 e. The number of carbonyl (C=O) groups is 1. The molecule has 0 saturated carbocycles. The summed E-state index contributed by atoms with van der Waals surface area (Å²) in [6, 6.07) is -0.354. The first-order valence-corrected chi connectivity index (χ1v) is 4.92. The van der Waals surface area contributed by atoms with Crippen LogP contribution in [-0.2, 0) is 4.79 Å². The minimum absolute atomic E-state index is 0.0794. The van der Waals surface area contributed by atoms with E-state index in [9.17, 15) is 4.79 Å². The quantitative estimate of drug-likeness (QED) is 0.631. The van der Waals surface area contributed by atoms with Gasteiger partial charge in [-0.05, 0) is 13.5 Å². The number of amides is 1. The summed E-state index contributed by atoms with van der Waals surface area (Å²) in [5.74, 6) is 0.0794. The zero-order valence-electron chi connectivity index (χ0n) is 8.49. The van der Waals surface area contributed by atoms with Gasteiger partial charge in [0.15, 0.2) is 0 Å². The summed E-state index contributed by atoms with van der Waals surface area (Å²) in [4.78, 5) is 15.7. The average molecular weight is 185 g/mol. The minimum Gasteiger partial charge on any atom is -0.339 e. The normalized spacial score (nSPS) is 21.6. The maximum absolute atomic E-state index is 11.5. The van der Waals surface area contributed by atoms with Crippen molar-refractivity contribution in [1.29, 1.82) is 0 Å². The highest BCUT2D eigenvalue weighted by Gasteiger charge is 2.21. The molecule has 4 nitrogen and oxygen atoms in total. The van der Waals surface area contributed by atoms with Crippen molar-refractivity contribution in [2.24, 2.45) is 5.73 Å². The second-order valence-electron chi connectivity index (χ2n) is 3.55. The molecule has 1 amide bonds. The minimum atomic E-state index is -0.354. The molecule has 0 bridgehead atoms. The van der Waals surface area contributed by atoms with Gasteiger partial charge in [0.25, 0.3) is 0 Å². The van der Waals surface area contributed by atoms with Crippen molar-refractivity contribution in [3.63, 3.8) is 0 Å². The summed E-state index contributed by atoms with van der Waals surface area (Å²) in [6.45, 7) is 8.57. The van der Waals surface area contributed by atoms with Crippen LogP contribution in [0.3, 0.4) is 0 Å². The Kier molecular flexibility index (Phi) is 3.69. The molecule has 0 aromatic carbocycles. The lowest BCUT2D eigenvalue weighted by atomic mass is 10.2. The summed E-state index contributed by atoms with van der Waals surface area (Å²) >= 11 is 0. The lowest BCUT2D eigenvalue weighted by Crippen LogP contribution is -2.52. The second kappa shape index (κ2) is 4.58. The Hall–Kier alpha value is -0.610. The molecule has 0 spiro atoms. The maximum atomic E-state index is 11.5. The van der Waals surface area contributed by atoms with Crippen molar-refractivity contribution < 1.29 is 4.79 Å². The second-order valence-corrected chi connectivity index (χ2v) is 3.55. The van der Waals surface area contributed by atoms with Crippen LogP contribution in [-0.4, -0.2) is 54.5 Å². The molecule has 0 aliphatic carbocycles. The largest absolute Gasteiger partial charge is 0.339 e. The van der Waals surface area contributed by atoms with Crippen LogP contribution in [0.2, 0.25) is 0 Å². The fourth-order valence-electron chi connectivity index (χ4n) is 1.57. The fraction of sp³-hybridized carbons (Fsp3) is 0.889. The molecule has 1 fully saturated rings. The van der Waals surface area contributed by atoms with Crippen LogP contribution in [0, 0.1) is 0 Å². The first kappa shape index (κ1) is 10.5. The predicted octanol–water partition coefficient (Wildman–Crippen LogP) is -0.502. The van der Waals surface area contributed by atoms with Gasteiger partial charge in [0.2, 0.25) is 5.91 Å². The van der Waals surface area contributed by atoms with E-state index in [1.165, 1.54) is 0 Å². The number of likely N-dealkylation sites (N-methyl/N-ethyl adjacent to an activating group) is 1. The topological polar surface area (TPSA) is 49.6 Å². The molecule has 4 heteroatoms. The molecule has 1 aliphatic rings. The summed E-state index contributed by atoms with van der Waals surface area (Å²) in [5, 5.41) is 0. The van der Waals surface area contributed by atoms with Crippen LogP contribution >= 0.6 is 0 Å². The number of piperazine rings is 1. The van der Waals surface area contributed by atoms with Crippen molar-refractivity contribution in [2.45, 2.75) is 19.9 Å². The van der Waals surface area contributed by atoms with Crippen LogP contribution < -0.4 is 5.73 Å². The third-order valence-corrected chi connectivity index (χ3v) is 2.52. The van der Waals surface area contributed by atoms with Crippen LogP contribution in [0.1, 0.15) is 13.8 Å². The van der Waals surface area contributed by atoms with Gasteiger partial charge < -0.3 is 15.5 Å². The van der Waals surface area contributed by atoms with E-state index in [-0.39, 0.29) is 11.9 Å². The standard InChI is InChI=1S/C9H19N3O/c1-3-11-4-6-12(7-5-11)9(13)8(2)10/h8H,3-7,10H2,1-2H3/t8-/m0/s1. The first-order valence-electron chi connectivity index (χ1n) is 4.92. The zero-order chi connectivity index (χ0) is 9.84. The summed E-state index contributed by atoms with van der Waals surface area (Å²) in [5.41, 5.74) is 5.53. The maximum Gasteiger partial charge on any atom is 0.239 e. The molecule has 0 radical (unpaired) electrons. The zero-order valence-corrected chi connectivity index (χ0v) is 8.49. The van der Waals surface area contributed by atoms with Crippen molar-refractivity contribution in [1.82, 2.24) is 9.80 Å². The average Bonchev–Trinajstić information content (AvgIpc) is 2.17. The lowest BCUT2D eigenvalue weighted by molar-refractivity contribution is -0.133. The van der Waals surface area contributed by atoms with Gasteiger partial charge in [-0.3, -0.25) is 4.79 Å². The number of nitrogens with two attached hydrogens (primary N) is 1. The molecular formula is C9H19N3O. The Morgan fingerprint density at radius 3 is 2.31 bits per heavy atom. The van der Waals surface area contributed by atoms with Gasteiger partial charge in [-0.1, -0.05) is 6.92 Å². The molecule has 1 aliphatic heterocycles. The Morgan fingerprint density at radius 1 is 1.38 bits per heavy atom. The van der Waals surface area contributed by atoms with Crippen molar-refractivity contribution in [2.75, 3.05) is 32.7 Å². The van der Waals surface area contributed by atoms with Crippen molar-refractivity contribution in [3.8, 4) is 0 Å². The molecule has 0 unspecified atom stereocenters. The van der Waals surface area contributed by atoms with Crippen LogP contribution in [0.5, 0.6) is 0 Å². The van der Waals surface area contributed by atoms with E-state index in [0.29, 0.717) is 0 Å². The highest BCUT2D eigenvalue weighted by Crippen LogP contribution is 2.02. The van der Waals surface area contributed by atoms with Gasteiger partial charge in [-0.15, -0.1) is 0 Å². The van der Waals surface area contributed by atoms with Crippen molar-refractivity contribution in [3.05, 3.63) is 0 Å². The monoisotopic (exact) mass is 185 g/mol. The van der Waals surface area contributed by atoms with E-state index >= 15 is 0 Å².